The number of ether oxygens (including phenoxy) is 1. The van der Waals surface area contributed by atoms with Gasteiger partial charge in [-0.25, -0.2) is 0 Å². The Bertz CT molecular complexity index is 1600. The second kappa shape index (κ2) is 11.0. The first-order chi connectivity index (χ1) is 18.7. The number of rotatable bonds is 5. The molecule has 2 aliphatic rings. The van der Waals surface area contributed by atoms with E-state index in [-0.39, 0.29) is 18.2 Å². The van der Waals surface area contributed by atoms with Crippen molar-refractivity contribution >= 4 is 46.3 Å². The van der Waals surface area contributed by atoms with Crippen molar-refractivity contribution in [1.29, 1.82) is 5.26 Å². The van der Waals surface area contributed by atoms with Crippen molar-refractivity contribution in [2.75, 3.05) is 4.90 Å². The molecule has 0 radical (unpaired) electrons. The normalized spacial score (nSPS) is 17.3. The summed E-state index contributed by atoms with van der Waals surface area (Å²) in [6.07, 6.45) is 1.72. The van der Waals surface area contributed by atoms with E-state index in [1.165, 1.54) is 0 Å². The zero-order valence-electron chi connectivity index (χ0n) is 21.5. The van der Waals surface area contributed by atoms with Gasteiger partial charge in [0.1, 0.15) is 18.2 Å². The monoisotopic (exact) mass is 577 g/mol. The highest BCUT2D eigenvalue weighted by Crippen LogP contribution is 2.48. The minimum absolute atomic E-state index is 0.00503. The molecule has 0 saturated carbocycles. The Morgan fingerprint density at radius 1 is 1.03 bits per heavy atom. The molecule has 0 saturated heterocycles. The Morgan fingerprint density at radius 3 is 2.51 bits per heavy atom. The number of carbonyl (C=O) groups excluding carboxylic acids is 1. The summed E-state index contributed by atoms with van der Waals surface area (Å²) in [5.74, 6) is 0.252. The topological polar surface area (TPSA) is 79.4 Å². The number of allylic oxidation sites excluding steroid dienone is 3. The molecule has 1 heterocycles. The van der Waals surface area contributed by atoms with Crippen molar-refractivity contribution in [3.05, 3.63) is 115 Å². The number of nitrogens with zero attached hydrogens (tertiary/aromatic N) is 2. The first-order valence-electron chi connectivity index (χ1n) is 12.6. The SMILES string of the molecule is Cc1cc(C)c(C2C(C#N)=C(N)N(c3ccc(Cl)cc3Cl)C3=C2C(=O)CCC3)cc1COc1ccccc1Cl. The Balaban J connectivity index is 1.65. The van der Waals surface area contributed by atoms with Crippen molar-refractivity contribution in [2.24, 2.45) is 5.73 Å². The van der Waals surface area contributed by atoms with E-state index in [0.717, 1.165) is 28.0 Å². The highest BCUT2D eigenvalue weighted by atomic mass is 35.5. The maximum atomic E-state index is 13.6. The number of aryl methyl sites for hydroxylation is 2. The molecular formula is C31H26Cl3N3O2. The van der Waals surface area contributed by atoms with E-state index < -0.39 is 5.92 Å². The van der Waals surface area contributed by atoms with Crippen LogP contribution in [-0.2, 0) is 11.4 Å². The summed E-state index contributed by atoms with van der Waals surface area (Å²) >= 11 is 19.0. The summed E-state index contributed by atoms with van der Waals surface area (Å²) in [6.45, 7) is 4.28. The Kier molecular flexibility index (Phi) is 7.64. The summed E-state index contributed by atoms with van der Waals surface area (Å²) in [7, 11) is 0. The number of anilines is 1. The molecule has 1 unspecified atom stereocenters. The van der Waals surface area contributed by atoms with E-state index >= 15 is 0 Å². The molecule has 1 aliphatic carbocycles. The van der Waals surface area contributed by atoms with Crippen LogP contribution in [0, 0.1) is 25.2 Å². The lowest BCUT2D eigenvalue weighted by atomic mass is 9.74. The molecule has 5 rings (SSSR count). The molecule has 0 amide bonds. The van der Waals surface area contributed by atoms with Crippen LogP contribution in [0.2, 0.25) is 15.1 Å². The lowest BCUT2D eigenvalue weighted by Gasteiger charge is -2.40. The summed E-state index contributed by atoms with van der Waals surface area (Å²) in [5.41, 5.74) is 12.8. The number of ketones is 1. The van der Waals surface area contributed by atoms with Gasteiger partial charge >= 0.3 is 0 Å². The second-order valence-corrected chi connectivity index (χ2v) is 11.0. The van der Waals surface area contributed by atoms with Crippen LogP contribution in [0.1, 0.15) is 47.4 Å². The number of para-hydroxylation sites is 1. The van der Waals surface area contributed by atoms with Gasteiger partial charge in [-0.2, -0.15) is 5.26 Å². The molecule has 8 heteroatoms. The minimum Gasteiger partial charge on any atom is -0.487 e. The van der Waals surface area contributed by atoms with Gasteiger partial charge in [-0.3, -0.25) is 9.69 Å². The van der Waals surface area contributed by atoms with Crippen LogP contribution < -0.4 is 15.4 Å². The first kappa shape index (κ1) is 27.1. The standard InChI is InChI=1S/C31H26Cl3N3O2/c1-17-12-18(2)21(13-19(17)16-39-28-9-4-3-6-23(28)33)29-22(15-35)31(36)37(25-11-10-20(32)14-24(25)34)26-7-5-8-27(38)30(26)29/h3-4,6,9-14,29H,5,7-8,16,36H2,1-2H3. The van der Waals surface area contributed by atoms with Crippen LogP contribution in [-0.4, -0.2) is 5.78 Å². The van der Waals surface area contributed by atoms with Gasteiger partial charge < -0.3 is 10.5 Å². The lowest BCUT2D eigenvalue weighted by molar-refractivity contribution is -0.116. The fraction of sp³-hybridized carbons (Fsp3) is 0.226. The molecule has 0 aromatic heterocycles. The molecule has 1 aliphatic heterocycles. The molecule has 2 N–H and O–H groups in total. The quantitative estimate of drug-likeness (QED) is 0.330. The summed E-state index contributed by atoms with van der Waals surface area (Å²) < 4.78 is 6.04. The third-order valence-electron chi connectivity index (χ3n) is 7.32. The van der Waals surface area contributed by atoms with Gasteiger partial charge in [0, 0.05) is 22.7 Å². The smallest absolute Gasteiger partial charge is 0.161 e. The number of carbonyl (C=O) groups is 1. The van der Waals surface area contributed by atoms with E-state index in [0.29, 0.717) is 56.9 Å². The average molecular weight is 579 g/mol. The third kappa shape index (κ3) is 5.01. The number of benzene rings is 3. The zero-order chi connectivity index (χ0) is 27.8. The van der Waals surface area contributed by atoms with E-state index in [1.54, 1.807) is 29.2 Å². The van der Waals surface area contributed by atoms with Gasteiger partial charge in [0.15, 0.2) is 5.78 Å². The average Bonchev–Trinajstić information content (AvgIpc) is 2.89. The van der Waals surface area contributed by atoms with Gasteiger partial charge in [-0.1, -0.05) is 59.1 Å². The Hall–Kier alpha value is -3.43. The third-order valence-corrected chi connectivity index (χ3v) is 8.17. The molecule has 198 valence electrons. The van der Waals surface area contributed by atoms with E-state index in [4.69, 9.17) is 45.3 Å². The van der Waals surface area contributed by atoms with E-state index in [9.17, 15) is 10.1 Å². The molecule has 0 fully saturated rings. The van der Waals surface area contributed by atoms with Gasteiger partial charge in [0.05, 0.1) is 33.3 Å². The van der Waals surface area contributed by atoms with Crippen molar-refractivity contribution in [3.63, 3.8) is 0 Å². The van der Waals surface area contributed by atoms with Crippen LogP contribution in [0.4, 0.5) is 5.69 Å². The predicted octanol–water partition coefficient (Wildman–Crippen LogP) is 8.15. The molecule has 1 atom stereocenters. The molecule has 3 aromatic carbocycles. The van der Waals surface area contributed by atoms with Crippen molar-refractivity contribution < 1.29 is 9.53 Å². The predicted molar refractivity (Wildman–Crippen MR) is 156 cm³/mol. The lowest BCUT2D eigenvalue weighted by Crippen LogP contribution is -2.39. The van der Waals surface area contributed by atoms with Crippen LogP contribution in [0.15, 0.2) is 77.3 Å². The highest BCUT2D eigenvalue weighted by molar-refractivity contribution is 6.36. The summed E-state index contributed by atoms with van der Waals surface area (Å²) in [6, 6.07) is 18.8. The molecule has 0 spiro atoms. The van der Waals surface area contributed by atoms with Crippen LogP contribution in [0.5, 0.6) is 5.75 Å². The Morgan fingerprint density at radius 2 is 1.79 bits per heavy atom. The second-order valence-electron chi connectivity index (χ2n) is 9.77. The minimum atomic E-state index is -0.597. The molecular weight excluding hydrogens is 553 g/mol. The van der Waals surface area contributed by atoms with Crippen LogP contribution in [0.3, 0.4) is 0 Å². The van der Waals surface area contributed by atoms with Crippen LogP contribution >= 0.6 is 34.8 Å². The fourth-order valence-corrected chi connectivity index (χ4v) is 6.12. The largest absolute Gasteiger partial charge is 0.487 e. The number of nitrogens with two attached hydrogens (primary N) is 1. The molecule has 39 heavy (non-hydrogen) atoms. The zero-order valence-corrected chi connectivity index (χ0v) is 23.8. The van der Waals surface area contributed by atoms with Gasteiger partial charge in [-0.05, 0) is 79.3 Å². The van der Waals surface area contributed by atoms with E-state index in [1.807, 2.05) is 38.1 Å². The van der Waals surface area contributed by atoms with Crippen molar-refractivity contribution in [2.45, 2.75) is 45.6 Å². The van der Waals surface area contributed by atoms with Crippen molar-refractivity contribution in [3.8, 4) is 11.8 Å². The fourth-order valence-electron chi connectivity index (χ4n) is 5.44. The number of halogens is 3. The number of hydrogen-bond donors (Lipinski definition) is 1. The van der Waals surface area contributed by atoms with E-state index in [2.05, 4.69) is 12.1 Å². The van der Waals surface area contributed by atoms with Gasteiger partial charge in [0.25, 0.3) is 0 Å². The number of nitriles is 1. The number of Topliss-reactive ketones (excluding diaryl/α,β-unsaturated/α-hetero) is 1. The highest BCUT2D eigenvalue weighted by Gasteiger charge is 2.41. The Labute approximate surface area is 243 Å². The first-order valence-corrected chi connectivity index (χ1v) is 13.7. The van der Waals surface area contributed by atoms with Gasteiger partial charge in [-0.15, -0.1) is 0 Å². The summed E-state index contributed by atoms with van der Waals surface area (Å²) in [4.78, 5) is 15.3. The summed E-state index contributed by atoms with van der Waals surface area (Å²) in [5, 5.41) is 11.8. The molecule has 0 bridgehead atoms. The van der Waals surface area contributed by atoms with Crippen molar-refractivity contribution in [1.82, 2.24) is 0 Å². The molecule has 5 nitrogen and oxygen atoms in total. The van der Waals surface area contributed by atoms with Gasteiger partial charge in [0.2, 0.25) is 0 Å². The van der Waals surface area contributed by atoms with Crippen LogP contribution in [0.25, 0.3) is 0 Å². The number of hydrogen-bond acceptors (Lipinski definition) is 5. The maximum absolute atomic E-state index is 13.6. The maximum Gasteiger partial charge on any atom is 0.161 e. The molecule has 3 aromatic rings.